The van der Waals surface area contributed by atoms with E-state index in [1.807, 2.05) is 0 Å². The third-order valence-corrected chi connectivity index (χ3v) is 3.11. The number of hydrogen-bond donors (Lipinski definition) is 2. The highest BCUT2D eigenvalue weighted by Crippen LogP contribution is 2.23. The van der Waals surface area contributed by atoms with Crippen molar-refractivity contribution in [3.8, 4) is 11.3 Å². The van der Waals surface area contributed by atoms with Crippen LogP contribution in [0.2, 0.25) is 0 Å². The van der Waals surface area contributed by atoms with Gasteiger partial charge in [0.15, 0.2) is 0 Å². The summed E-state index contributed by atoms with van der Waals surface area (Å²) in [5.41, 5.74) is 11.5. The van der Waals surface area contributed by atoms with Gasteiger partial charge in [-0.1, -0.05) is 19.1 Å². The van der Waals surface area contributed by atoms with Gasteiger partial charge in [-0.2, -0.15) is 0 Å². The lowest BCUT2D eigenvalue weighted by Crippen LogP contribution is -1.99. The van der Waals surface area contributed by atoms with E-state index < -0.39 is 0 Å². The smallest absolute Gasteiger partial charge is 0.106 e. The van der Waals surface area contributed by atoms with Crippen molar-refractivity contribution in [2.45, 2.75) is 33.7 Å². The van der Waals surface area contributed by atoms with Crippen LogP contribution >= 0.6 is 0 Å². The average Bonchev–Trinajstić information content (AvgIpc) is 2.71. The number of hydrogen-bond acceptors (Lipinski definition) is 2. The first-order chi connectivity index (χ1) is 8.15. The van der Waals surface area contributed by atoms with Gasteiger partial charge in [0.05, 0.1) is 5.69 Å². The van der Waals surface area contributed by atoms with Crippen LogP contribution in [0.3, 0.4) is 0 Å². The molecular weight excluding hydrogens is 210 g/mol. The fraction of sp³-hybridized carbons (Fsp3) is 0.357. The minimum Gasteiger partial charge on any atom is -0.346 e. The molecule has 90 valence electrons. The van der Waals surface area contributed by atoms with Gasteiger partial charge in [0.1, 0.15) is 5.82 Å². The Balaban J connectivity index is 2.48. The standard InChI is InChI=1S/C14H19N3/c1-4-13-16-10(3)14(17-13)11-6-5-9(2)12(7-11)8-15/h5-7H,4,8,15H2,1-3H3,(H,16,17). The number of benzene rings is 1. The molecule has 0 atom stereocenters. The summed E-state index contributed by atoms with van der Waals surface area (Å²) in [6.45, 7) is 6.82. The first kappa shape index (κ1) is 11.9. The molecule has 0 saturated heterocycles. The number of nitrogens with two attached hydrogens (primary N) is 1. The number of H-pyrrole nitrogens is 1. The summed E-state index contributed by atoms with van der Waals surface area (Å²) in [6.07, 6.45) is 0.927. The van der Waals surface area contributed by atoms with Gasteiger partial charge >= 0.3 is 0 Å². The topological polar surface area (TPSA) is 54.7 Å². The van der Waals surface area contributed by atoms with Crippen molar-refractivity contribution in [1.29, 1.82) is 0 Å². The monoisotopic (exact) mass is 229 g/mol. The lowest BCUT2D eigenvalue weighted by Gasteiger charge is -2.05. The van der Waals surface area contributed by atoms with E-state index in [4.69, 9.17) is 5.73 Å². The number of imidazole rings is 1. The Morgan fingerprint density at radius 2 is 2.06 bits per heavy atom. The number of aryl methyl sites for hydroxylation is 3. The molecule has 0 spiro atoms. The maximum atomic E-state index is 5.74. The summed E-state index contributed by atoms with van der Waals surface area (Å²) in [5, 5.41) is 0. The van der Waals surface area contributed by atoms with E-state index in [1.54, 1.807) is 0 Å². The van der Waals surface area contributed by atoms with Crippen LogP contribution in [0.15, 0.2) is 18.2 Å². The van der Waals surface area contributed by atoms with Crippen LogP contribution in [0.5, 0.6) is 0 Å². The molecule has 3 heteroatoms. The summed E-state index contributed by atoms with van der Waals surface area (Å²) in [4.78, 5) is 7.91. The Morgan fingerprint density at radius 1 is 1.29 bits per heavy atom. The van der Waals surface area contributed by atoms with Crippen molar-refractivity contribution in [2.75, 3.05) is 0 Å². The molecule has 0 amide bonds. The zero-order valence-electron chi connectivity index (χ0n) is 10.7. The molecule has 1 aromatic heterocycles. The molecule has 0 unspecified atom stereocenters. The van der Waals surface area contributed by atoms with Crippen molar-refractivity contribution in [1.82, 2.24) is 9.97 Å². The van der Waals surface area contributed by atoms with Gasteiger partial charge in [0, 0.05) is 24.2 Å². The zero-order valence-corrected chi connectivity index (χ0v) is 10.7. The van der Waals surface area contributed by atoms with Gasteiger partial charge in [-0.3, -0.25) is 0 Å². The fourth-order valence-corrected chi connectivity index (χ4v) is 2.01. The molecule has 1 heterocycles. The second-order valence-corrected chi connectivity index (χ2v) is 4.36. The lowest BCUT2D eigenvalue weighted by molar-refractivity contribution is 0.982. The Morgan fingerprint density at radius 3 is 2.65 bits per heavy atom. The Labute approximate surface area is 102 Å². The van der Waals surface area contributed by atoms with Gasteiger partial charge in [0.25, 0.3) is 0 Å². The predicted molar refractivity (Wildman–Crippen MR) is 70.8 cm³/mol. The Bertz CT molecular complexity index is 526. The maximum Gasteiger partial charge on any atom is 0.106 e. The van der Waals surface area contributed by atoms with Crippen LogP contribution in [0.4, 0.5) is 0 Å². The molecule has 0 bridgehead atoms. The lowest BCUT2D eigenvalue weighted by atomic mass is 10.0. The van der Waals surface area contributed by atoms with Gasteiger partial charge in [-0.05, 0) is 31.0 Å². The molecule has 0 radical (unpaired) electrons. The van der Waals surface area contributed by atoms with E-state index in [9.17, 15) is 0 Å². The number of aromatic nitrogens is 2. The van der Waals surface area contributed by atoms with Crippen molar-refractivity contribution >= 4 is 0 Å². The molecule has 0 aliphatic rings. The van der Waals surface area contributed by atoms with E-state index >= 15 is 0 Å². The molecule has 0 saturated carbocycles. The third-order valence-electron chi connectivity index (χ3n) is 3.11. The first-order valence-corrected chi connectivity index (χ1v) is 6.01. The summed E-state index contributed by atoms with van der Waals surface area (Å²) >= 11 is 0. The van der Waals surface area contributed by atoms with E-state index in [0.717, 1.165) is 29.2 Å². The number of nitrogens with one attached hydrogen (secondary N) is 1. The molecule has 2 rings (SSSR count). The third kappa shape index (κ3) is 2.24. The fourth-order valence-electron chi connectivity index (χ4n) is 2.01. The summed E-state index contributed by atoms with van der Waals surface area (Å²) in [7, 11) is 0. The van der Waals surface area contributed by atoms with Gasteiger partial charge < -0.3 is 10.7 Å². The number of nitrogens with zero attached hydrogens (tertiary/aromatic N) is 1. The van der Waals surface area contributed by atoms with Crippen molar-refractivity contribution in [2.24, 2.45) is 5.73 Å². The molecule has 0 aliphatic carbocycles. The molecule has 3 N–H and O–H groups in total. The molecule has 3 nitrogen and oxygen atoms in total. The van der Waals surface area contributed by atoms with Crippen molar-refractivity contribution in [3.05, 3.63) is 40.8 Å². The van der Waals surface area contributed by atoms with Gasteiger partial charge in [-0.15, -0.1) is 0 Å². The first-order valence-electron chi connectivity index (χ1n) is 6.01. The second kappa shape index (κ2) is 4.72. The molecule has 2 aromatic rings. The van der Waals surface area contributed by atoms with E-state index in [1.165, 1.54) is 11.1 Å². The van der Waals surface area contributed by atoms with Crippen LogP contribution in [-0.2, 0) is 13.0 Å². The van der Waals surface area contributed by atoms with Gasteiger partial charge in [0.2, 0.25) is 0 Å². The normalized spacial score (nSPS) is 10.8. The predicted octanol–water partition coefficient (Wildman–Crippen LogP) is 2.71. The molecule has 0 aliphatic heterocycles. The zero-order chi connectivity index (χ0) is 12.4. The molecule has 0 fully saturated rings. The molecular formula is C14H19N3. The van der Waals surface area contributed by atoms with E-state index in [2.05, 4.69) is 48.9 Å². The Hall–Kier alpha value is -1.61. The summed E-state index contributed by atoms with van der Waals surface area (Å²) < 4.78 is 0. The van der Waals surface area contributed by atoms with E-state index in [-0.39, 0.29) is 0 Å². The number of rotatable bonds is 3. The highest BCUT2D eigenvalue weighted by Gasteiger charge is 2.09. The average molecular weight is 229 g/mol. The highest BCUT2D eigenvalue weighted by atomic mass is 14.9. The van der Waals surface area contributed by atoms with Crippen LogP contribution in [0.25, 0.3) is 11.3 Å². The molecule has 17 heavy (non-hydrogen) atoms. The minimum atomic E-state index is 0.573. The Kier molecular flexibility index (Phi) is 3.29. The van der Waals surface area contributed by atoms with Crippen molar-refractivity contribution in [3.63, 3.8) is 0 Å². The van der Waals surface area contributed by atoms with Crippen LogP contribution < -0.4 is 5.73 Å². The quantitative estimate of drug-likeness (QED) is 0.850. The van der Waals surface area contributed by atoms with Crippen LogP contribution in [-0.4, -0.2) is 9.97 Å². The van der Waals surface area contributed by atoms with E-state index in [0.29, 0.717) is 6.54 Å². The summed E-state index contributed by atoms with van der Waals surface area (Å²) in [5.74, 6) is 1.03. The van der Waals surface area contributed by atoms with Crippen LogP contribution in [0.1, 0.15) is 29.6 Å². The minimum absolute atomic E-state index is 0.573. The second-order valence-electron chi connectivity index (χ2n) is 4.36. The molecule has 1 aromatic carbocycles. The largest absolute Gasteiger partial charge is 0.346 e. The SMILES string of the molecule is CCc1nc(-c2ccc(C)c(CN)c2)c(C)[nH]1. The summed E-state index contributed by atoms with van der Waals surface area (Å²) in [6, 6.07) is 6.35. The maximum absolute atomic E-state index is 5.74. The van der Waals surface area contributed by atoms with Crippen molar-refractivity contribution < 1.29 is 0 Å². The van der Waals surface area contributed by atoms with Gasteiger partial charge in [-0.25, -0.2) is 4.98 Å². The highest BCUT2D eigenvalue weighted by molar-refractivity contribution is 5.63. The number of aromatic amines is 1. The van der Waals surface area contributed by atoms with Crippen LogP contribution in [0, 0.1) is 13.8 Å².